The van der Waals surface area contributed by atoms with Crippen LogP contribution in [-0.4, -0.2) is 36.5 Å². The van der Waals surface area contributed by atoms with E-state index in [0.29, 0.717) is 6.54 Å². The number of carbonyl (C=O) groups excluding carboxylic acids is 1. The van der Waals surface area contributed by atoms with Crippen LogP contribution >= 0.6 is 0 Å². The maximum absolute atomic E-state index is 12.2. The van der Waals surface area contributed by atoms with Crippen LogP contribution in [0.5, 0.6) is 0 Å². The van der Waals surface area contributed by atoms with Gasteiger partial charge >= 0.3 is 0 Å². The molecule has 0 saturated heterocycles. The highest BCUT2D eigenvalue weighted by molar-refractivity contribution is 5.88. The maximum Gasteiger partial charge on any atom is 0.246 e. The van der Waals surface area contributed by atoms with Gasteiger partial charge in [0.25, 0.3) is 0 Å². The van der Waals surface area contributed by atoms with Gasteiger partial charge in [0, 0.05) is 19.6 Å². The minimum Gasteiger partial charge on any atom is -0.381 e. The number of benzene rings is 1. The van der Waals surface area contributed by atoms with E-state index in [1.54, 1.807) is 0 Å². The molecule has 0 fully saturated rings. The number of hydrogen-bond donors (Lipinski definition) is 2. The normalized spacial score (nSPS) is 17.6. The molecular weight excluding hydrogens is 214 g/mol. The molecular formula is C13H19N3O. The Morgan fingerprint density at radius 1 is 1.29 bits per heavy atom. The summed E-state index contributed by atoms with van der Waals surface area (Å²) in [6.07, 6.45) is 0. The average Bonchev–Trinajstić information content (AvgIpc) is 2.39. The van der Waals surface area contributed by atoms with Crippen LogP contribution < -0.4 is 10.6 Å². The first-order valence-electron chi connectivity index (χ1n) is 6.14. The molecule has 1 unspecified atom stereocenters. The quantitative estimate of drug-likeness (QED) is 0.836. The molecule has 2 rings (SSSR count). The number of fused-ring (bicyclic) bond motifs is 1. The first-order chi connectivity index (χ1) is 8.26. The van der Waals surface area contributed by atoms with Crippen LogP contribution in [0.15, 0.2) is 24.3 Å². The van der Waals surface area contributed by atoms with Crippen molar-refractivity contribution in [2.75, 3.05) is 30.3 Å². The monoisotopic (exact) mass is 233 g/mol. The fourth-order valence-corrected chi connectivity index (χ4v) is 2.12. The van der Waals surface area contributed by atoms with Gasteiger partial charge in [-0.25, -0.2) is 0 Å². The third kappa shape index (κ3) is 2.35. The van der Waals surface area contributed by atoms with Crippen molar-refractivity contribution in [3.8, 4) is 0 Å². The van der Waals surface area contributed by atoms with Gasteiger partial charge < -0.3 is 15.5 Å². The zero-order chi connectivity index (χ0) is 12.3. The molecule has 1 atom stereocenters. The Balaban J connectivity index is 2.09. The second-order valence-corrected chi connectivity index (χ2v) is 4.13. The molecule has 0 bridgehead atoms. The van der Waals surface area contributed by atoms with E-state index in [1.165, 1.54) is 0 Å². The minimum atomic E-state index is -0.162. The summed E-state index contributed by atoms with van der Waals surface area (Å²) >= 11 is 0. The zero-order valence-electron chi connectivity index (χ0n) is 10.4. The Hall–Kier alpha value is -1.71. The van der Waals surface area contributed by atoms with Crippen molar-refractivity contribution in [1.29, 1.82) is 0 Å². The number of hydrogen-bond acceptors (Lipinski definition) is 3. The van der Waals surface area contributed by atoms with E-state index >= 15 is 0 Å². The lowest BCUT2D eigenvalue weighted by atomic mass is 10.1. The fraction of sp³-hybridized carbons (Fsp3) is 0.462. The lowest BCUT2D eigenvalue weighted by molar-refractivity contribution is -0.131. The smallest absolute Gasteiger partial charge is 0.246 e. The number of carbonyl (C=O) groups is 1. The zero-order valence-corrected chi connectivity index (χ0v) is 10.4. The summed E-state index contributed by atoms with van der Waals surface area (Å²) in [5, 5.41) is 6.58. The molecule has 4 heteroatoms. The van der Waals surface area contributed by atoms with Crippen LogP contribution in [0.2, 0.25) is 0 Å². The van der Waals surface area contributed by atoms with Gasteiger partial charge in [0.1, 0.15) is 6.04 Å². The van der Waals surface area contributed by atoms with E-state index in [9.17, 15) is 4.79 Å². The highest BCUT2D eigenvalue weighted by atomic mass is 16.2. The molecule has 1 aromatic carbocycles. The molecule has 1 heterocycles. The van der Waals surface area contributed by atoms with E-state index < -0.39 is 0 Å². The summed E-state index contributed by atoms with van der Waals surface area (Å²) in [5.41, 5.74) is 2.07. The van der Waals surface area contributed by atoms with Crippen LogP contribution in [0.1, 0.15) is 13.8 Å². The molecule has 1 amide bonds. The second kappa shape index (κ2) is 5.08. The summed E-state index contributed by atoms with van der Waals surface area (Å²) in [4.78, 5) is 14.0. The summed E-state index contributed by atoms with van der Waals surface area (Å²) < 4.78 is 0. The van der Waals surface area contributed by atoms with Crippen LogP contribution in [0.25, 0.3) is 0 Å². The lowest BCUT2D eigenvalue weighted by Gasteiger charge is -2.31. The van der Waals surface area contributed by atoms with Crippen molar-refractivity contribution in [1.82, 2.24) is 4.90 Å². The Bertz CT molecular complexity index is 401. The molecule has 0 aromatic heterocycles. The summed E-state index contributed by atoms with van der Waals surface area (Å²) in [6, 6.07) is 7.80. The maximum atomic E-state index is 12.2. The third-order valence-electron chi connectivity index (χ3n) is 3.13. The fourth-order valence-electron chi connectivity index (χ4n) is 2.12. The summed E-state index contributed by atoms with van der Waals surface area (Å²) in [6.45, 7) is 6.17. The van der Waals surface area contributed by atoms with Gasteiger partial charge in [0.05, 0.1) is 11.4 Å². The second-order valence-electron chi connectivity index (χ2n) is 4.13. The SMILES string of the molecule is CCN(CC)C(=O)C1CNc2ccccc2N1. The number of rotatable bonds is 3. The highest BCUT2D eigenvalue weighted by Crippen LogP contribution is 2.25. The molecule has 0 aliphatic carbocycles. The predicted octanol–water partition coefficient (Wildman–Crippen LogP) is 1.76. The molecule has 2 N–H and O–H groups in total. The van der Waals surface area contributed by atoms with Crippen molar-refractivity contribution >= 4 is 17.3 Å². The molecule has 1 aliphatic heterocycles. The van der Waals surface area contributed by atoms with Crippen molar-refractivity contribution in [2.24, 2.45) is 0 Å². The first kappa shape index (κ1) is 11.8. The topological polar surface area (TPSA) is 44.4 Å². The van der Waals surface area contributed by atoms with Crippen molar-refractivity contribution in [3.05, 3.63) is 24.3 Å². The number of nitrogens with one attached hydrogen (secondary N) is 2. The van der Waals surface area contributed by atoms with Gasteiger partial charge in [0.2, 0.25) is 5.91 Å². The molecule has 17 heavy (non-hydrogen) atoms. The Labute approximate surface area is 102 Å². The lowest BCUT2D eigenvalue weighted by Crippen LogP contribution is -2.48. The van der Waals surface area contributed by atoms with Gasteiger partial charge in [-0.15, -0.1) is 0 Å². The van der Waals surface area contributed by atoms with E-state index in [4.69, 9.17) is 0 Å². The Morgan fingerprint density at radius 3 is 2.59 bits per heavy atom. The van der Waals surface area contributed by atoms with Crippen LogP contribution in [0.3, 0.4) is 0 Å². The van der Waals surface area contributed by atoms with Crippen molar-refractivity contribution in [3.63, 3.8) is 0 Å². The molecule has 0 spiro atoms. The average molecular weight is 233 g/mol. The molecule has 1 aliphatic rings. The molecule has 0 radical (unpaired) electrons. The third-order valence-corrected chi connectivity index (χ3v) is 3.13. The first-order valence-corrected chi connectivity index (χ1v) is 6.14. The van der Waals surface area contributed by atoms with E-state index in [0.717, 1.165) is 24.5 Å². The van der Waals surface area contributed by atoms with Crippen LogP contribution in [0.4, 0.5) is 11.4 Å². The van der Waals surface area contributed by atoms with E-state index in [2.05, 4.69) is 10.6 Å². The number of amides is 1. The van der Waals surface area contributed by atoms with Gasteiger partial charge in [-0.1, -0.05) is 12.1 Å². The molecule has 4 nitrogen and oxygen atoms in total. The molecule has 92 valence electrons. The van der Waals surface area contributed by atoms with Gasteiger partial charge in [-0.2, -0.15) is 0 Å². The highest BCUT2D eigenvalue weighted by Gasteiger charge is 2.26. The van der Waals surface area contributed by atoms with Crippen molar-refractivity contribution < 1.29 is 4.79 Å². The van der Waals surface area contributed by atoms with E-state index in [1.807, 2.05) is 43.0 Å². The molecule has 1 aromatic rings. The predicted molar refractivity (Wildman–Crippen MR) is 70.3 cm³/mol. The Kier molecular flexibility index (Phi) is 3.52. The van der Waals surface area contributed by atoms with Gasteiger partial charge in [0.15, 0.2) is 0 Å². The van der Waals surface area contributed by atoms with Crippen LogP contribution in [0, 0.1) is 0 Å². The van der Waals surface area contributed by atoms with E-state index in [-0.39, 0.29) is 11.9 Å². The summed E-state index contributed by atoms with van der Waals surface area (Å²) in [5.74, 6) is 0.164. The van der Waals surface area contributed by atoms with Crippen molar-refractivity contribution in [2.45, 2.75) is 19.9 Å². The number of nitrogens with zero attached hydrogens (tertiary/aromatic N) is 1. The Morgan fingerprint density at radius 2 is 1.94 bits per heavy atom. The van der Waals surface area contributed by atoms with Gasteiger partial charge in [-0.05, 0) is 26.0 Å². The largest absolute Gasteiger partial charge is 0.381 e. The number of para-hydroxylation sites is 2. The standard InChI is InChI=1S/C13H19N3O/c1-3-16(4-2)13(17)12-9-14-10-7-5-6-8-11(10)15-12/h5-8,12,14-15H,3-4,9H2,1-2H3. The van der Waals surface area contributed by atoms with Gasteiger partial charge in [-0.3, -0.25) is 4.79 Å². The number of anilines is 2. The van der Waals surface area contributed by atoms with Crippen LogP contribution in [-0.2, 0) is 4.79 Å². The minimum absolute atomic E-state index is 0.162. The number of likely N-dealkylation sites (N-methyl/N-ethyl adjacent to an activating group) is 1. The molecule has 0 saturated carbocycles. The summed E-state index contributed by atoms with van der Waals surface area (Å²) in [7, 11) is 0.